The first-order valence-electron chi connectivity index (χ1n) is 14.3. The molecular weight excluding hydrogens is 538 g/mol. The van der Waals surface area contributed by atoms with Crippen LogP contribution in [0.3, 0.4) is 0 Å². The lowest BCUT2D eigenvalue weighted by atomic mass is 9.81. The molecule has 0 atom stereocenters. The van der Waals surface area contributed by atoms with Gasteiger partial charge in [-0.2, -0.15) is 12.7 Å². The molecule has 1 aliphatic carbocycles. The van der Waals surface area contributed by atoms with E-state index in [1.54, 1.807) is 25.3 Å². The van der Waals surface area contributed by atoms with Crippen LogP contribution in [0.5, 0.6) is 5.75 Å². The maximum absolute atomic E-state index is 13.6. The Morgan fingerprint density at radius 3 is 2.59 bits per heavy atom. The van der Waals surface area contributed by atoms with Crippen molar-refractivity contribution in [1.29, 1.82) is 0 Å². The van der Waals surface area contributed by atoms with Gasteiger partial charge in [0.25, 0.3) is 5.91 Å². The summed E-state index contributed by atoms with van der Waals surface area (Å²) in [6, 6.07) is 11.4. The zero-order chi connectivity index (χ0) is 28.7. The minimum Gasteiger partial charge on any atom is -0.497 e. The number of ketones is 1. The molecule has 0 saturated heterocycles. The molecule has 1 N–H and O–H groups in total. The van der Waals surface area contributed by atoms with E-state index in [2.05, 4.69) is 15.4 Å². The SMILES string of the molecule is COc1ccc2c(c1)C=C1Cn3c-2c(C2CCCCC2)c2ccc(cc23)C(=O)NS(=O)(=O)N(C)C/C=C/CCC1=O. The van der Waals surface area contributed by atoms with Crippen LogP contribution in [0.1, 0.15) is 72.3 Å². The van der Waals surface area contributed by atoms with Gasteiger partial charge in [-0.3, -0.25) is 9.59 Å². The van der Waals surface area contributed by atoms with Gasteiger partial charge in [-0.05, 0) is 72.7 Å². The maximum Gasteiger partial charge on any atom is 0.304 e. The number of benzene rings is 2. The van der Waals surface area contributed by atoms with Gasteiger partial charge in [0.1, 0.15) is 5.75 Å². The van der Waals surface area contributed by atoms with Gasteiger partial charge >= 0.3 is 10.2 Å². The third-order valence-corrected chi connectivity index (χ3v) is 10.0. The number of rotatable bonds is 2. The molecule has 1 saturated carbocycles. The largest absolute Gasteiger partial charge is 0.497 e. The molecule has 214 valence electrons. The van der Waals surface area contributed by atoms with Crippen LogP contribution in [0.15, 0.2) is 54.1 Å². The fraction of sp³-hybridized carbons (Fsp3) is 0.375. The lowest BCUT2D eigenvalue weighted by Gasteiger charge is -2.24. The Bertz CT molecular complexity index is 1710. The number of amides is 1. The molecule has 0 spiro atoms. The number of hydrogen-bond acceptors (Lipinski definition) is 5. The van der Waals surface area contributed by atoms with E-state index in [1.165, 1.54) is 19.0 Å². The van der Waals surface area contributed by atoms with E-state index in [9.17, 15) is 18.0 Å². The molecule has 0 unspecified atom stereocenters. The smallest absolute Gasteiger partial charge is 0.304 e. The van der Waals surface area contributed by atoms with Crippen molar-refractivity contribution in [2.24, 2.45) is 0 Å². The molecule has 2 aromatic carbocycles. The van der Waals surface area contributed by atoms with E-state index in [0.717, 1.165) is 63.5 Å². The summed E-state index contributed by atoms with van der Waals surface area (Å²) in [6.45, 7) is 0.451. The highest BCUT2D eigenvalue weighted by Gasteiger charge is 2.31. The summed E-state index contributed by atoms with van der Waals surface area (Å²) in [5.41, 5.74) is 6.05. The first-order valence-corrected chi connectivity index (χ1v) is 15.7. The van der Waals surface area contributed by atoms with E-state index in [4.69, 9.17) is 4.74 Å². The second kappa shape index (κ2) is 10.9. The number of carbonyl (C=O) groups is 2. The van der Waals surface area contributed by atoms with Crippen molar-refractivity contribution in [3.63, 3.8) is 0 Å². The molecule has 41 heavy (non-hydrogen) atoms. The summed E-state index contributed by atoms with van der Waals surface area (Å²) in [5, 5.41) is 1.04. The van der Waals surface area contributed by atoms with Crippen LogP contribution in [0.25, 0.3) is 28.2 Å². The fourth-order valence-electron chi connectivity index (χ4n) is 6.42. The number of nitrogens with one attached hydrogen (secondary N) is 1. The van der Waals surface area contributed by atoms with Crippen molar-refractivity contribution in [1.82, 2.24) is 13.6 Å². The topological polar surface area (TPSA) is 97.7 Å². The van der Waals surface area contributed by atoms with Crippen LogP contribution < -0.4 is 9.46 Å². The van der Waals surface area contributed by atoms with E-state index in [1.807, 2.05) is 30.4 Å². The zero-order valence-corrected chi connectivity index (χ0v) is 24.3. The van der Waals surface area contributed by atoms with Crippen molar-refractivity contribution in [3.8, 4) is 17.0 Å². The summed E-state index contributed by atoms with van der Waals surface area (Å²) in [7, 11) is -0.985. The van der Waals surface area contributed by atoms with Crippen LogP contribution >= 0.6 is 0 Å². The Balaban J connectivity index is 1.63. The number of Topliss-reactive ketones (excluding diaryl/α,β-unsaturated/α-hetero) is 1. The van der Waals surface area contributed by atoms with E-state index >= 15 is 0 Å². The monoisotopic (exact) mass is 573 g/mol. The summed E-state index contributed by atoms with van der Waals surface area (Å²) < 4.78 is 36.8. The lowest BCUT2D eigenvalue weighted by Crippen LogP contribution is -2.41. The molecule has 6 rings (SSSR count). The highest BCUT2D eigenvalue weighted by molar-refractivity contribution is 7.87. The van der Waals surface area contributed by atoms with Gasteiger partial charge in [0.2, 0.25) is 0 Å². The van der Waals surface area contributed by atoms with Crippen LogP contribution in [-0.2, 0) is 21.5 Å². The van der Waals surface area contributed by atoms with Crippen molar-refractivity contribution in [2.45, 2.75) is 57.4 Å². The number of allylic oxidation sites excluding steroid dienone is 2. The molecule has 1 fully saturated rings. The van der Waals surface area contributed by atoms with Gasteiger partial charge in [0, 0.05) is 47.6 Å². The van der Waals surface area contributed by atoms with Gasteiger partial charge in [-0.15, -0.1) is 0 Å². The quantitative estimate of drug-likeness (QED) is 0.403. The number of likely N-dealkylation sites (N-methyl/N-ethyl adjacent to an activating group) is 1. The molecule has 3 aromatic rings. The second-order valence-electron chi connectivity index (χ2n) is 11.2. The van der Waals surface area contributed by atoms with Gasteiger partial charge < -0.3 is 9.30 Å². The van der Waals surface area contributed by atoms with Crippen molar-refractivity contribution in [2.75, 3.05) is 20.7 Å². The van der Waals surface area contributed by atoms with E-state index in [0.29, 0.717) is 30.9 Å². The molecule has 4 bridgehead atoms. The number of ether oxygens (including phenoxy) is 1. The summed E-state index contributed by atoms with van der Waals surface area (Å²) in [6.07, 6.45) is 12.0. The summed E-state index contributed by atoms with van der Waals surface area (Å²) in [5.74, 6) is 0.429. The maximum atomic E-state index is 13.6. The molecule has 3 heterocycles. The normalized spacial score (nSPS) is 20.9. The average molecular weight is 574 g/mol. The Morgan fingerprint density at radius 2 is 1.80 bits per heavy atom. The summed E-state index contributed by atoms with van der Waals surface area (Å²) in [4.78, 5) is 26.9. The number of fused-ring (bicyclic) bond motifs is 4. The van der Waals surface area contributed by atoms with E-state index < -0.39 is 16.1 Å². The molecule has 9 heteroatoms. The number of carbonyl (C=O) groups excluding carboxylic acids is 2. The predicted molar refractivity (Wildman–Crippen MR) is 160 cm³/mol. The van der Waals surface area contributed by atoms with Crippen molar-refractivity contribution in [3.05, 3.63) is 70.8 Å². The van der Waals surface area contributed by atoms with Gasteiger partial charge in [0.05, 0.1) is 19.3 Å². The van der Waals surface area contributed by atoms with Crippen LogP contribution in [0.4, 0.5) is 0 Å². The molecule has 0 radical (unpaired) electrons. The zero-order valence-electron chi connectivity index (χ0n) is 23.5. The molecule has 1 amide bonds. The van der Waals surface area contributed by atoms with Gasteiger partial charge in [-0.25, -0.2) is 4.72 Å². The lowest BCUT2D eigenvalue weighted by molar-refractivity contribution is -0.115. The third kappa shape index (κ3) is 5.13. The van der Waals surface area contributed by atoms with Crippen molar-refractivity contribution < 1.29 is 22.7 Å². The standard InChI is InChI=1S/C32H35N3O5S/c1-34-16-8-4-7-11-29(36)24-17-23-18-25(40-2)13-15-26(23)31-30(21-9-5-3-6-10-21)27-14-12-22(19-28(27)35(31)20-24)32(37)33-41(34,38)39/h4,8,12-15,17-19,21H,3,5-7,9-11,16,20H2,1-2H3,(H,33,37)/b8-4+. The van der Waals surface area contributed by atoms with Crippen LogP contribution in [-0.4, -0.2) is 49.7 Å². The minimum atomic E-state index is -4.04. The molecular formula is C32H35N3O5S. The average Bonchev–Trinajstić information content (AvgIpc) is 3.18. The molecule has 8 nitrogen and oxygen atoms in total. The number of methoxy groups -OCH3 is 1. The first-order chi connectivity index (χ1) is 19.8. The molecule has 3 aliphatic rings. The van der Waals surface area contributed by atoms with Crippen LogP contribution in [0.2, 0.25) is 0 Å². The van der Waals surface area contributed by atoms with Crippen molar-refractivity contribution >= 4 is 38.9 Å². The third-order valence-electron chi connectivity index (χ3n) is 8.61. The first kappa shape index (κ1) is 27.5. The predicted octanol–water partition coefficient (Wildman–Crippen LogP) is 5.59. The molecule has 1 aromatic heterocycles. The highest BCUT2D eigenvalue weighted by Crippen LogP contribution is 2.47. The van der Waals surface area contributed by atoms with Crippen LogP contribution in [0, 0.1) is 0 Å². The Labute approximate surface area is 240 Å². The molecule has 2 aliphatic heterocycles. The fourth-order valence-corrected chi connectivity index (χ4v) is 7.21. The second-order valence-corrected chi connectivity index (χ2v) is 13.0. The Morgan fingerprint density at radius 1 is 1.00 bits per heavy atom. The minimum absolute atomic E-state index is 0.0410. The Kier molecular flexibility index (Phi) is 7.34. The van der Waals surface area contributed by atoms with Gasteiger partial charge in [-0.1, -0.05) is 37.5 Å². The summed E-state index contributed by atoms with van der Waals surface area (Å²) >= 11 is 0. The highest BCUT2D eigenvalue weighted by atomic mass is 32.2. The number of hydrogen-bond donors (Lipinski definition) is 1. The van der Waals surface area contributed by atoms with E-state index in [-0.39, 0.29) is 17.9 Å². The van der Waals surface area contributed by atoms with Gasteiger partial charge in [0.15, 0.2) is 5.78 Å². The Hall–Kier alpha value is -3.69. The number of aromatic nitrogens is 1. The number of nitrogens with zero attached hydrogens (tertiary/aromatic N) is 2.